The predicted molar refractivity (Wildman–Crippen MR) is 278 cm³/mol. The monoisotopic (exact) mass is 854 g/mol. The Morgan fingerprint density at radius 2 is 0.719 bits per heavy atom. The summed E-state index contributed by atoms with van der Waals surface area (Å²) in [6.45, 7) is 9.59. The average Bonchev–Trinajstić information content (AvgIpc) is 3.89. The van der Waals surface area contributed by atoms with E-state index in [9.17, 15) is 0 Å². The van der Waals surface area contributed by atoms with Crippen LogP contribution in [0.5, 0.6) is 0 Å². The molecule has 64 heavy (non-hydrogen) atoms. The SMILES string of the molecule is CC1(C)c2ccccc2N(c2ccc3cc(N4c5ccccc5C(C)(C)c5cc6c(cc54)sc4ccc5ccccc5c46)ccc3c2)c2cc3sc4ccc5ccccc5c4c3cc21. The zero-order chi connectivity index (χ0) is 42.6. The quantitative estimate of drug-likeness (QED) is 0.171. The van der Waals surface area contributed by atoms with Crippen molar-refractivity contribution in [1.82, 2.24) is 0 Å². The second-order valence-corrected chi connectivity index (χ2v) is 21.1. The summed E-state index contributed by atoms with van der Waals surface area (Å²) in [6.07, 6.45) is 0. The van der Waals surface area contributed by atoms with Gasteiger partial charge in [0.1, 0.15) is 0 Å². The summed E-state index contributed by atoms with van der Waals surface area (Å²) >= 11 is 3.81. The number of thiophene rings is 2. The number of nitrogens with zero attached hydrogens (tertiary/aromatic N) is 2. The Morgan fingerprint density at radius 1 is 0.312 bits per heavy atom. The largest absolute Gasteiger partial charge is 0.310 e. The first kappa shape index (κ1) is 36.5. The van der Waals surface area contributed by atoms with E-state index in [4.69, 9.17) is 0 Å². The van der Waals surface area contributed by atoms with Gasteiger partial charge in [0, 0.05) is 62.5 Å². The van der Waals surface area contributed by atoms with Gasteiger partial charge in [-0.1, -0.05) is 137 Å². The summed E-state index contributed by atoms with van der Waals surface area (Å²) < 4.78 is 5.32. The van der Waals surface area contributed by atoms with E-state index in [0.29, 0.717) is 0 Å². The number of anilines is 6. The van der Waals surface area contributed by atoms with Crippen molar-refractivity contribution in [3.8, 4) is 0 Å². The van der Waals surface area contributed by atoms with Crippen molar-refractivity contribution in [1.29, 1.82) is 0 Å². The summed E-state index contributed by atoms with van der Waals surface area (Å²) in [5, 5.41) is 13.1. The molecule has 2 aliphatic rings. The third-order valence-electron chi connectivity index (χ3n) is 14.7. The Morgan fingerprint density at radius 3 is 1.19 bits per heavy atom. The molecular formula is C60H42N2S2. The van der Waals surface area contributed by atoms with Crippen LogP contribution < -0.4 is 9.80 Å². The van der Waals surface area contributed by atoms with E-state index in [2.05, 4.69) is 219 Å². The van der Waals surface area contributed by atoms with Gasteiger partial charge in [0.25, 0.3) is 0 Å². The van der Waals surface area contributed by atoms with Crippen molar-refractivity contribution in [2.75, 3.05) is 9.80 Å². The molecule has 10 aromatic carbocycles. The van der Waals surface area contributed by atoms with Crippen molar-refractivity contribution in [3.05, 3.63) is 204 Å². The second kappa shape index (κ2) is 12.8. The predicted octanol–water partition coefficient (Wildman–Crippen LogP) is 18.1. The number of para-hydroxylation sites is 2. The van der Waals surface area contributed by atoms with Crippen LogP contribution in [0.15, 0.2) is 182 Å². The fraction of sp³-hybridized carbons (Fsp3) is 0.100. The van der Waals surface area contributed by atoms with Crippen LogP contribution in [-0.2, 0) is 10.8 Å². The standard InChI is InChI=1S/C60H42N2S2/c1-59(2)45-17-9-11-19-49(45)61(51-33-55-43(31-47(51)59)57-41-15-7-5-13-35(41)23-27-53(57)63-55)39-25-21-38-30-40(26-22-37(38)29-39)62-50-20-12-10-18-46(50)60(3,4)48-32-44-56(34-52(48)62)64-54-28-24-36-14-6-8-16-42(36)58(44)54/h5-34H,1-4H3. The van der Waals surface area contributed by atoms with Gasteiger partial charge in [0.05, 0.1) is 22.7 Å². The Kier molecular flexibility index (Phi) is 7.31. The molecule has 2 nitrogen and oxygen atoms in total. The minimum absolute atomic E-state index is 0.188. The van der Waals surface area contributed by atoms with E-state index in [-0.39, 0.29) is 10.8 Å². The van der Waals surface area contributed by atoms with Crippen LogP contribution in [0.2, 0.25) is 0 Å². The van der Waals surface area contributed by atoms with E-state index < -0.39 is 0 Å². The van der Waals surface area contributed by atoms with Gasteiger partial charge in [-0.25, -0.2) is 0 Å². The highest BCUT2D eigenvalue weighted by molar-refractivity contribution is 7.26. The van der Waals surface area contributed by atoms with Crippen molar-refractivity contribution in [2.24, 2.45) is 0 Å². The smallest absolute Gasteiger partial charge is 0.0517 e. The van der Waals surface area contributed by atoms with Crippen LogP contribution in [0.25, 0.3) is 72.7 Å². The lowest BCUT2D eigenvalue weighted by atomic mass is 9.73. The average molecular weight is 855 g/mol. The molecule has 2 aromatic heterocycles. The summed E-state index contributed by atoms with van der Waals surface area (Å²) in [5.74, 6) is 0. The molecule has 12 aromatic rings. The molecular weight excluding hydrogens is 813 g/mol. The van der Waals surface area contributed by atoms with Gasteiger partial charge in [0.15, 0.2) is 0 Å². The molecule has 4 heterocycles. The fourth-order valence-corrected chi connectivity index (χ4v) is 13.8. The molecule has 0 amide bonds. The first-order valence-electron chi connectivity index (χ1n) is 22.3. The number of hydrogen-bond acceptors (Lipinski definition) is 4. The molecule has 0 bridgehead atoms. The van der Waals surface area contributed by atoms with Gasteiger partial charge < -0.3 is 9.80 Å². The van der Waals surface area contributed by atoms with Crippen LogP contribution >= 0.6 is 22.7 Å². The molecule has 0 radical (unpaired) electrons. The molecule has 0 N–H and O–H groups in total. The first-order valence-corrected chi connectivity index (χ1v) is 24.0. The molecule has 0 unspecified atom stereocenters. The maximum atomic E-state index is 2.52. The molecule has 0 fully saturated rings. The Balaban J connectivity index is 0.934. The number of fused-ring (bicyclic) bond motifs is 15. The van der Waals surface area contributed by atoms with Gasteiger partial charge in [-0.2, -0.15) is 0 Å². The molecule has 304 valence electrons. The topological polar surface area (TPSA) is 6.48 Å². The third-order valence-corrected chi connectivity index (χ3v) is 17.0. The molecule has 0 saturated heterocycles. The molecule has 14 rings (SSSR count). The van der Waals surface area contributed by atoms with Crippen LogP contribution in [0.4, 0.5) is 34.1 Å². The van der Waals surface area contributed by atoms with Crippen molar-refractivity contribution >= 4 is 129 Å². The maximum absolute atomic E-state index is 2.52. The van der Waals surface area contributed by atoms with E-state index in [0.717, 1.165) is 0 Å². The highest BCUT2D eigenvalue weighted by Gasteiger charge is 2.39. The summed E-state index contributed by atoms with van der Waals surface area (Å²) in [7, 11) is 0. The van der Waals surface area contributed by atoms with E-state index in [1.807, 2.05) is 22.7 Å². The molecule has 0 spiro atoms. The second-order valence-electron chi connectivity index (χ2n) is 18.9. The third kappa shape index (κ3) is 4.90. The van der Waals surface area contributed by atoms with Gasteiger partial charge >= 0.3 is 0 Å². The lowest BCUT2D eigenvalue weighted by molar-refractivity contribution is 0.633. The highest BCUT2D eigenvalue weighted by atomic mass is 32.1. The highest BCUT2D eigenvalue weighted by Crippen LogP contribution is 2.57. The van der Waals surface area contributed by atoms with Gasteiger partial charge in [0.2, 0.25) is 0 Å². The van der Waals surface area contributed by atoms with E-state index >= 15 is 0 Å². The van der Waals surface area contributed by atoms with Crippen LogP contribution in [0.1, 0.15) is 49.9 Å². The zero-order valence-corrected chi connectivity index (χ0v) is 37.7. The molecule has 0 saturated carbocycles. The Labute approximate surface area is 379 Å². The fourth-order valence-electron chi connectivity index (χ4n) is 11.5. The summed E-state index contributed by atoms with van der Waals surface area (Å²) in [5.41, 5.74) is 12.4. The van der Waals surface area contributed by atoms with Crippen LogP contribution in [-0.4, -0.2) is 0 Å². The summed E-state index contributed by atoms with van der Waals surface area (Å²) in [6, 6.07) is 69.0. The van der Waals surface area contributed by atoms with Crippen molar-refractivity contribution in [2.45, 2.75) is 38.5 Å². The molecule has 4 heteroatoms. The van der Waals surface area contributed by atoms with Crippen LogP contribution in [0, 0.1) is 0 Å². The van der Waals surface area contributed by atoms with Crippen molar-refractivity contribution < 1.29 is 0 Å². The number of hydrogen-bond donors (Lipinski definition) is 0. The first-order chi connectivity index (χ1) is 31.2. The maximum Gasteiger partial charge on any atom is 0.0517 e. The molecule has 2 aliphatic heterocycles. The van der Waals surface area contributed by atoms with Gasteiger partial charge in [-0.05, 0) is 127 Å². The van der Waals surface area contributed by atoms with Gasteiger partial charge in [-0.3, -0.25) is 0 Å². The lowest BCUT2D eigenvalue weighted by Crippen LogP contribution is -2.30. The molecule has 0 atom stereocenters. The minimum atomic E-state index is -0.188. The summed E-state index contributed by atoms with van der Waals surface area (Å²) in [4.78, 5) is 5.04. The molecule has 0 aliphatic carbocycles. The van der Waals surface area contributed by atoms with Crippen molar-refractivity contribution in [3.63, 3.8) is 0 Å². The minimum Gasteiger partial charge on any atom is -0.310 e. The number of rotatable bonds is 2. The lowest BCUT2D eigenvalue weighted by Gasteiger charge is -2.42. The van der Waals surface area contributed by atoms with E-state index in [1.54, 1.807) is 0 Å². The Hall–Kier alpha value is -6.98. The van der Waals surface area contributed by atoms with E-state index in [1.165, 1.54) is 129 Å². The number of benzene rings is 10. The van der Waals surface area contributed by atoms with Crippen LogP contribution in [0.3, 0.4) is 0 Å². The zero-order valence-electron chi connectivity index (χ0n) is 36.0. The van der Waals surface area contributed by atoms with Gasteiger partial charge in [-0.15, -0.1) is 22.7 Å². The Bertz CT molecular complexity index is 3740. The normalized spacial score (nSPS) is 15.1.